The summed E-state index contributed by atoms with van der Waals surface area (Å²) in [5.74, 6) is -5.98. The van der Waals surface area contributed by atoms with Crippen molar-refractivity contribution in [1.82, 2.24) is 0 Å². The molecule has 0 aliphatic heterocycles. The van der Waals surface area contributed by atoms with Gasteiger partial charge in [0.1, 0.15) is 0 Å². The van der Waals surface area contributed by atoms with Crippen molar-refractivity contribution in [3.8, 4) is 12.1 Å². The molecule has 0 amide bonds. The molecule has 0 aromatic heterocycles. The van der Waals surface area contributed by atoms with E-state index in [1.54, 1.807) is 41.5 Å². The van der Waals surface area contributed by atoms with Crippen molar-refractivity contribution >= 4 is 11.9 Å². The van der Waals surface area contributed by atoms with Crippen LogP contribution in [0.4, 0.5) is 0 Å². The van der Waals surface area contributed by atoms with Crippen LogP contribution in [-0.2, 0) is 29.1 Å². The first-order valence-corrected chi connectivity index (χ1v) is 15.0. The zero-order valence-electron chi connectivity index (χ0n) is 29.2. The number of nitriles is 2. The molecule has 0 saturated heterocycles. The van der Waals surface area contributed by atoms with E-state index in [2.05, 4.69) is 10.2 Å². The number of carbonyl (C=O) groups is 2. The molecule has 6 unspecified atom stereocenters. The molecule has 44 heavy (non-hydrogen) atoms. The molecule has 12 nitrogen and oxygen atoms in total. The zero-order valence-corrected chi connectivity index (χ0v) is 29.2. The highest BCUT2D eigenvalue weighted by Crippen LogP contribution is 2.36. The normalized spacial score (nSPS) is 18.7. The van der Waals surface area contributed by atoms with E-state index in [4.69, 9.17) is 19.6 Å². The summed E-state index contributed by atoms with van der Waals surface area (Å²) < 4.78 is 0. The Morgan fingerprint density at radius 1 is 0.591 bits per heavy atom. The van der Waals surface area contributed by atoms with Gasteiger partial charge in [-0.1, -0.05) is 13.8 Å². The topological polar surface area (TPSA) is 189 Å². The fourth-order valence-electron chi connectivity index (χ4n) is 4.71. The lowest BCUT2D eigenvalue weighted by Crippen LogP contribution is -2.43. The molecule has 0 saturated carbocycles. The second-order valence-corrected chi connectivity index (χ2v) is 15.7. The van der Waals surface area contributed by atoms with Crippen molar-refractivity contribution in [2.75, 3.05) is 0 Å². The van der Waals surface area contributed by atoms with Gasteiger partial charge in [-0.2, -0.15) is 20.8 Å². The minimum atomic E-state index is -1.65. The molecule has 252 valence electrons. The van der Waals surface area contributed by atoms with E-state index < -0.39 is 69.1 Å². The monoisotopic (exact) mass is 622 g/mol. The Bertz CT molecular complexity index is 996. The number of carbonyl (C=O) groups excluding carboxylic acids is 2. The molecule has 0 bridgehead atoms. The van der Waals surface area contributed by atoms with Crippen LogP contribution >= 0.6 is 0 Å². The molecule has 0 aliphatic rings. The number of carboxylic acid groups (broad SMARTS) is 2. The van der Waals surface area contributed by atoms with Crippen LogP contribution in [0, 0.1) is 46.3 Å². The lowest BCUT2D eigenvalue weighted by atomic mass is 9.78. The van der Waals surface area contributed by atoms with Gasteiger partial charge in [0.05, 0.1) is 34.5 Å². The van der Waals surface area contributed by atoms with Gasteiger partial charge in [0.15, 0.2) is 11.1 Å². The van der Waals surface area contributed by atoms with Gasteiger partial charge >= 0.3 is 0 Å². The highest BCUT2D eigenvalue weighted by Gasteiger charge is 2.39. The fourth-order valence-corrected chi connectivity index (χ4v) is 4.71. The number of nitrogens with zero attached hydrogens (tertiary/aromatic N) is 4. The molecule has 12 heteroatoms. The molecule has 0 aromatic carbocycles. The third kappa shape index (κ3) is 15.9. The highest BCUT2D eigenvalue weighted by atomic mass is 17.2. The molecule has 0 aromatic rings. The molecule has 0 radical (unpaired) electrons. The van der Waals surface area contributed by atoms with Crippen LogP contribution < -0.4 is 10.2 Å². The van der Waals surface area contributed by atoms with Crippen LogP contribution in [-0.4, -0.2) is 45.4 Å². The predicted molar refractivity (Wildman–Crippen MR) is 159 cm³/mol. The van der Waals surface area contributed by atoms with E-state index in [9.17, 15) is 30.3 Å². The van der Waals surface area contributed by atoms with Gasteiger partial charge in [-0.25, -0.2) is 19.6 Å². The van der Waals surface area contributed by atoms with Crippen LogP contribution in [0.15, 0.2) is 10.2 Å². The van der Waals surface area contributed by atoms with Gasteiger partial charge in [0, 0.05) is 23.8 Å². The number of carboxylic acids is 2. The first kappa shape index (κ1) is 41.4. The maximum Gasteiger partial charge on any atom is 0.165 e. The van der Waals surface area contributed by atoms with E-state index in [1.165, 1.54) is 13.8 Å². The van der Waals surface area contributed by atoms with E-state index >= 15 is 0 Å². The van der Waals surface area contributed by atoms with Crippen molar-refractivity contribution in [3.05, 3.63) is 0 Å². The Kier molecular flexibility index (Phi) is 14.6. The van der Waals surface area contributed by atoms with Crippen molar-refractivity contribution in [2.45, 2.75) is 156 Å². The quantitative estimate of drug-likeness (QED) is 0.118. The van der Waals surface area contributed by atoms with Gasteiger partial charge < -0.3 is 19.8 Å². The van der Waals surface area contributed by atoms with Crippen LogP contribution in [0.2, 0.25) is 0 Å². The van der Waals surface area contributed by atoms with Crippen LogP contribution in [0.1, 0.15) is 123 Å². The predicted octanol–water partition coefficient (Wildman–Crippen LogP) is 4.62. The Morgan fingerprint density at radius 2 is 0.864 bits per heavy atom. The van der Waals surface area contributed by atoms with Crippen molar-refractivity contribution in [1.29, 1.82) is 10.5 Å². The largest absolute Gasteiger partial charge is 0.550 e. The van der Waals surface area contributed by atoms with Gasteiger partial charge in [-0.3, -0.25) is 0 Å². The van der Waals surface area contributed by atoms with Gasteiger partial charge in [-0.15, -0.1) is 0 Å². The number of aliphatic carboxylic acids is 2. The van der Waals surface area contributed by atoms with Crippen molar-refractivity contribution in [3.63, 3.8) is 0 Å². The van der Waals surface area contributed by atoms with Crippen molar-refractivity contribution < 1.29 is 39.4 Å². The van der Waals surface area contributed by atoms with Crippen molar-refractivity contribution in [2.24, 2.45) is 33.9 Å². The standard InChI is InChI=1S/C32H56N4O8/c1-21(15-29(9,10)43-41-27(3,4)5)23(25(37)38)17-31(13,19-33)35-36-32(14,20-34)18-24(26(39)40)22(2)16-30(11,12)44-42-28(6,7)8/h21-24H,15-18H2,1-14H3,(H,37,38)(H,39,40)/p-2. The maximum atomic E-state index is 12.2. The SMILES string of the molecule is CC(CC(C)(C)OOC(C)(C)C)C(CC(C)(C#N)N=NC(C)(C#N)CC(C(=O)[O-])C(C)CC(C)(C)OOC(C)(C)C)C(=O)[O-]. The highest BCUT2D eigenvalue weighted by molar-refractivity contribution is 5.68. The Balaban J connectivity index is 5.93. The number of hydrogen-bond acceptors (Lipinski definition) is 12. The molecule has 0 rings (SSSR count). The van der Waals surface area contributed by atoms with E-state index in [1.807, 2.05) is 53.7 Å². The minimum Gasteiger partial charge on any atom is -0.550 e. The third-order valence-corrected chi connectivity index (χ3v) is 6.85. The summed E-state index contributed by atoms with van der Waals surface area (Å²) in [5.41, 5.74) is -6.13. The summed E-state index contributed by atoms with van der Waals surface area (Å²) in [6, 6.07) is 4.01. The Labute approximate surface area is 264 Å². The number of hydrogen-bond donors (Lipinski definition) is 0. The number of rotatable bonds is 18. The first-order valence-electron chi connectivity index (χ1n) is 15.0. The molecule has 6 atom stereocenters. The average molecular weight is 623 g/mol. The fraction of sp³-hybridized carbons (Fsp3) is 0.875. The van der Waals surface area contributed by atoms with Gasteiger partial charge in [0.25, 0.3) is 0 Å². The number of azo groups is 1. The molecule has 0 heterocycles. The third-order valence-electron chi connectivity index (χ3n) is 6.85. The minimum absolute atomic E-state index is 0.256. The van der Waals surface area contributed by atoms with Gasteiger partial charge in [-0.05, 0) is 121 Å². The summed E-state index contributed by atoms with van der Waals surface area (Å²) in [5, 5.41) is 52.6. The molecule has 0 fully saturated rings. The van der Waals surface area contributed by atoms with E-state index in [0.717, 1.165) is 0 Å². The molecule has 0 aliphatic carbocycles. The maximum absolute atomic E-state index is 12.2. The summed E-state index contributed by atoms with van der Waals surface area (Å²) in [6.07, 6.45) is 0.0202. The van der Waals surface area contributed by atoms with Gasteiger partial charge in [0.2, 0.25) is 0 Å². The average Bonchev–Trinajstić information content (AvgIpc) is 2.85. The molecular formula is C32H54N4O8-2. The lowest BCUT2D eigenvalue weighted by Gasteiger charge is -2.36. The lowest BCUT2D eigenvalue weighted by molar-refractivity contribution is -0.400. The second-order valence-electron chi connectivity index (χ2n) is 15.7. The smallest absolute Gasteiger partial charge is 0.165 e. The summed E-state index contributed by atoms with van der Waals surface area (Å²) >= 11 is 0. The summed E-state index contributed by atoms with van der Waals surface area (Å²) in [7, 11) is 0. The summed E-state index contributed by atoms with van der Waals surface area (Å²) in [4.78, 5) is 46.4. The Hall–Kier alpha value is -2.64. The van der Waals surface area contributed by atoms with Crippen LogP contribution in [0.5, 0.6) is 0 Å². The summed E-state index contributed by atoms with van der Waals surface area (Å²) in [6.45, 7) is 24.2. The molecule has 0 N–H and O–H groups in total. The Morgan fingerprint density at radius 3 is 1.07 bits per heavy atom. The van der Waals surface area contributed by atoms with Crippen LogP contribution in [0.25, 0.3) is 0 Å². The molecular weight excluding hydrogens is 568 g/mol. The first-order chi connectivity index (χ1) is 19.6. The van der Waals surface area contributed by atoms with E-state index in [-0.39, 0.29) is 25.7 Å². The zero-order chi connectivity index (χ0) is 34.9. The van der Waals surface area contributed by atoms with Crippen LogP contribution in [0.3, 0.4) is 0 Å². The van der Waals surface area contributed by atoms with E-state index in [0.29, 0.717) is 0 Å². The molecule has 0 spiro atoms. The second kappa shape index (κ2) is 15.6.